The Balaban J connectivity index is 0.00000243. The molecule has 3 rings (SSSR count). The van der Waals surface area contributed by atoms with Gasteiger partial charge in [-0.25, -0.2) is 0 Å². The van der Waals surface area contributed by atoms with Crippen molar-refractivity contribution in [1.82, 2.24) is 5.32 Å². The minimum Gasteiger partial charge on any atom is -0.488 e. The first-order valence-corrected chi connectivity index (χ1v) is 9.17. The zero-order chi connectivity index (χ0) is 17.6. The lowest BCUT2D eigenvalue weighted by Gasteiger charge is -2.17. The van der Waals surface area contributed by atoms with Crippen molar-refractivity contribution in [3.05, 3.63) is 76.8 Å². The number of rotatable bonds is 7. The van der Waals surface area contributed by atoms with Crippen molar-refractivity contribution in [2.75, 3.05) is 0 Å². The molecule has 138 valence electrons. The average Bonchev–Trinajstić information content (AvgIpc) is 2.65. The lowest BCUT2D eigenvalue weighted by Crippen LogP contribution is -2.24. The Morgan fingerprint density at radius 1 is 1.00 bits per heavy atom. The molecule has 0 radical (unpaired) electrons. The number of nitrogens with one attached hydrogen (secondary N) is 1. The minimum absolute atomic E-state index is 0. The van der Waals surface area contributed by atoms with Crippen LogP contribution in [0, 0.1) is 0 Å². The Hall–Kier alpha value is -1.74. The lowest BCUT2D eigenvalue weighted by atomic mass is 10.0. The van der Waals surface area contributed by atoms with E-state index in [1.54, 1.807) is 0 Å². The summed E-state index contributed by atoms with van der Waals surface area (Å²) >= 11 is 6.25. The Labute approximate surface area is 166 Å². The van der Waals surface area contributed by atoms with Gasteiger partial charge in [-0.1, -0.05) is 67.1 Å². The molecule has 3 aromatic carbocycles. The summed E-state index contributed by atoms with van der Waals surface area (Å²) in [4.78, 5) is 0. The fourth-order valence-electron chi connectivity index (χ4n) is 2.83. The predicted molar refractivity (Wildman–Crippen MR) is 114 cm³/mol. The van der Waals surface area contributed by atoms with Crippen molar-refractivity contribution >= 4 is 34.8 Å². The molecule has 0 fully saturated rings. The summed E-state index contributed by atoms with van der Waals surface area (Å²) in [5.74, 6) is 0.912. The van der Waals surface area contributed by atoms with Gasteiger partial charge in [-0.2, -0.15) is 0 Å². The number of fused-ring (bicyclic) bond motifs is 1. The zero-order valence-electron chi connectivity index (χ0n) is 15.2. The van der Waals surface area contributed by atoms with Crippen molar-refractivity contribution < 1.29 is 4.74 Å². The van der Waals surface area contributed by atoms with Crippen LogP contribution in [-0.2, 0) is 13.2 Å². The first-order chi connectivity index (χ1) is 12.2. The molecule has 0 spiro atoms. The summed E-state index contributed by atoms with van der Waals surface area (Å²) < 4.78 is 6.15. The number of ether oxygens (including phenoxy) is 1. The van der Waals surface area contributed by atoms with Crippen LogP contribution >= 0.6 is 24.0 Å². The van der Waals surface area contributed by atoms with Crippen LogP contribution < -0.4 is 10.1 Å². The maximum absolute atomic E-state index is 6.25. The van der Waals surface area contributed by atoms with Crippen molar-refractivity contribution in [2.45, 2.75) is 39.5 Å². The minimum atomic E-state index is 0. The van der Waals surface area contributed by atoms with Crippen LogP contribution in [0.2, 0.25) is 5.02 Å². The second kappa shape index (κ2) is 9.82. The van der Waals surface area contributed by atoms with Gasteiger partial charge < -0.3 is 10.1 Å². The van der Waals surface area contributed by atoms with Crippen LogP contribution in [0.25, 0.3) is 10.8 Å². The Kier molecular flexibility index (Phi) is 7.77. The first-order valence-electron chi connectivity index (χ1n) is 8.79. The van der Waals surface area contributed by atoms with Gasteiger partial charge in [0.1, 0.15) is 12.4 Å². The molecule has 0 saturated heterocycles. The van der Waals surface area contributed by atoms with Crippen molar-refractivity contribution in [3.8, 4) is 5.75 Å². The number of hydrogen-bond acceptors (Lipinski definition) is 2. The number of hydrogen-bond donors (Lipinski definition) is 1. The highest BCUT2D eigenvalue weighted by atomic mass is 35.5. The third-order valence-electron chi connectivity index (χ3n) is 4.58. The van der Waals surface area contributed by atoms with Crippen LogP contribution in [0.5, 0.6) is 5.75 Å². The van der Waals surface area contributed by atoms with Crippen LogP contribution in [0.3, 0.4) is 0 Å². The molecule has 4 heteroatoms. The quantitative estimate of drug-likeness (QED) is 0.505. The lowest BCUT2D eigenvalue weighted by molar-refractivity contribution is 0.302. The van der Waals surface area contributed by atoms with E-state index < -0.39 is 0 Å². The Morgan fingerprint density at radius 2 is 1.73 bits per heavy atom. The van der Waals surface area contributed by atoms with Crippen molar-refractivity contribution in [1.29, 1.82) is 0 Å². The third-order valence-corrected chi connectivity index (χ3v) is 4.95. The fraction of sp³-hybridized carbons (Fsp3) is 0.273. The van der Waals surface area contributed by atoms with E-state index >= 15 is 0 Å². The van der Waals surface area contributed by atoms with E-state index in [4.69, 9.17) is 16.3 Å². The highest BCUT2D eigenvalue weighted by molar-refractivity contribution is 6.31. The largest absolute Gasteiger partial charge is 0.488 e. The van der Waals surface area contributed by atoms with Gasteiger partial charge in [-0.05, 0) is 36.2 Å². The number of benzene rings is 3. The van der Waals surface area contributed by atoms with Crippen LogP contribution in [0.1, 0.15) is 31.4 Å². The molecule has 0 bridgehead atoms. The van der Waals surface area contributed by atoms with Gasteiger partial charge in [0.25, 0.3) is 0 Å². The molecule has 0 aliphatic rings. The normalized spacial score (nSPS) is 11.8. The first kappa shape index (κ1) is 20.6. The Bertz CT molecular complexity index is 850. The fourth-order valence-corrected chi connectivity index (χ4v) is 3.02. The summed E-state index contributed by atoms with van der Waals surface area (Å²) in [6.07, 6.45) is 1.10. The molecular weight excluding hydrogens is 365 g/mol. The molecule has 0 aromatic heterocycles. The maximum atomic E-state index is 6.25. The summed E-state index contributed by atoms with van der Waals surface area (Å²) in [6, 6.07) is 20.9. The summed E-state index contributed by atoms with van der Waals surface area (Å²) in [6.45, 7) is 5.65. The SMILES string of the molecule is CCC(C)NCc1c(OCc2ccccc2Cl)ccc2ccccc12.Cl. The second-order valence-electron chi connectivity index (χ2n) is 6.33. The van der Waals surface area contributed by atoms with Gasteiger partial charge in [0.05, 0.1) is 0 Å². The Morgan fingerprint density at radius 3 is 2.50 bits per heavy atom. The van der Waals surface area contributed by atoms with E-state index in [1.807, 2.05) is 24.3 Å². The van der Waals surface area contributed by atoms with Gasteiger partial charge in [0.2, 0.25) is 0 Å². The molecule has 0 aliphatic carbocycles. The van der Waals surface area contributed by atoms with E-state index in [0.717, 1.165) is 29.3 Å². The molecule has 1 unspecified atom stereocenters. The van der Waals surface area contributed by atoms with E-state index in [2.05, 4.69) is 55.6 Å². The third kappa shape index (κ3) is 4.91. The second-order valence-corrected chi connectivity index (χ2v) is 6.74. The highest BCUT2D eigenvalue weighted by Crippen LogP contribution is 2.29. The van der Waals surface area contributed by atoms with Crippen LogP contribution in [0.15, 0.2) is 60.7 Å². The van der Waals surface area contributed by atoms with Gasteiger partial charge in [0.15, 0.2) is 0 Å². The van der Waals surface area contributed by atoms with Gasteiger partial charge in [0, 0.05) is 28.7 Å². The molecule has 1 N–H and O–H groups in total. The van der Waals surface area contributed by atoms with E-state index in [0.29, 0.717) is 12.6 Å². The monoisotopic (exact) mass is 389 g/mol. The molecule has 1 atom stereocenters. The maximum Gasteiger partial charge on any atom is 0.124 e. The van der Waals surface area contributed by atoms with Crippen LogP contribution in [-0.4, -0.2) is 6.04 Å². The van der Waals surface area contributed by atoms with Crippen molar-refractivity contribution in [3.63, 3.8) is 0 Å². The molecule has 2 nitrogen and oxygen atoms in total. The smallest absolute Gasteiger partial charge is 0.124 e. The molecule has 0 saturated carbocycles. The van der Waals surface area contributed by atoms with Crippen LogP contribution in [0.4, 0.5) is 0 Å². The van der Waals surface area contributed by atoms with Crippen molar-refractivity contribution in [2.24, 2.45) is 0 Å². The standard InChI is InChI=1S/C22H24ClNO.ClH/c1-3-16(2)24-14-20-19-10-6-4-8-17(19)12-13-22(20)25-15-18-9-5-7-11-21(18)23;/h4-13,16,24H,3,14-15H2,1-2H3;1H. The highest BCUT2D eigenvalue weighted by Gasteiger charge is 2.11. The molecule has 3 aromatic rings. The van der Waals surface area contributed by atoms with Gasteiger partial charge in [-0.15, -0.1) is 12.4 Å². The number of halogens is 2. The summed E-state index contributed by atoms with van der Waals surface area (Å²) in [7, 11) is 0. The molecule has 0 aliphatic heterocycles. The van der Waals surface area contributed by atoms with E-state index in [-0.39, 0.29) is 12.4 Å². The van der Waals surface area contributed by atoms with E-state index in [9.17, 15) is 0 Å². The molecular formula is C22H25Cl2NO. The van der Waals surface area contributed by atoms with E-state index in [1.165, 1.54) is 16.3 Å². The molecule has 0 amide bonds. The average molecular weight is 390 g/mol. The van der Waals surface area contributed by atoms with Gasteiger partial charge in [-0.3, -0.25) is 0 Å². The molecule has 26 heavy (non-hydrogen) atoms. The topological polar surface area (TPSA) is 21.3 Å². The summed E-state index contributed by atoms with van der Waals surface area (Å²) in [5, 5.41) is 6.78. The zero-order valence-corrected chi connectivity index (χ0v) is 16.7. The molecule has 0 heterocycles. The van der Waals surface area contributed by atoms with Gasteiger partial charge >= 0.3 is 0 Å². The predicted octanol–water partition coefficient (Wildman–Crippen LogP) is 6.38. The summed E-state index contributed by atoms with van der Waals surface area (Å²) in [5.41, 5.74) is 2.20.